The third-order valence-corrected chi connectivity index (χ3v) is 2.89. The fourth-order valence-corrected chi connectivity index (χ4v) is 1.86. The van der Waals surface area contributed by atoms with E-state index in [2.05, 4.69) is 26.6 Å². The van der Waals surface area contributed by atoms with Crippen LogP contribution in [0, 0.1) is 11.6 Å². The van der Waals surface area contributed by atoms with Crippen molar-refractivity contribution in [1.82, 2.24) is 5.32 Å². The molecule has 0 aliphatic carbocycles. The molecule has 0 unspecified atom stereocenters. The lowest BCUT2D eigenvalue weighted by Gasteiger charge is -2.25. The number of hydrogen-bond donors (Lipinski definition) is 3. The van der Waals surface area contributed by atoms with Gasteiger partial charge in [-0.1, -0.05) is 15.9 Å². The first-order chi connectivity index (χ1) is 8.75. The summed E-state index contributed by atoms with van der Waals surface area (Å²) < 4.78 is 27.2. The summed E-state index contributed by atoms with van der Waals surface area (Å²) in [6.07, 6.45) is 0.325. The highest BCUT2D eigenvalue weighted by molar-refractivity contribution is 9.10. The van der Waals surface area contributed by atoms with Crippen molar-refractivity contribution in [1.29, 1.82) is 0 Å². The molecule has 0 aromatic heterocycles. The van der Waals surface area contributed by atoms with E-state index in [1.807, 2.05) is 0 Å². The molecule has 0 spiro atoms. The number of halogens is 3. The van der Waals surface area contributed by atoms with Gasteiger partial charge >= 0.3 is 6.03 Å². The monoisotopic (exact) mass is 336 g/mol. The Morgan fingerprint density at radius 2 is 1.89 bits per heavy atom. The van der Waals surface area contributed by atoms with E-state index < -0.39 is 28.9 Å². The minimum atomic E-state index is -0.873. The van der Waals surface area contributed by atoms with Gasteiger partial charge in [0.25, 0.3) is 0 Å². The molecule has 0 heterocycles. The molecule has 0 fully saturated rings. The van der Waals surface area contributed by atoms with Crippen molar-refractivity contribution in [3.63, 3.8) is 0 Å². The maximum atomic E-state index is 13.5. The Morgan fingerprint density at radius 3 is 2.37 bits per heavy atom. The van der Waals surface area contributed by atoms with Crippen molar-refractivity contribution in [3.05, 3.63) is 28.2 Å². The number of amides is 2. The van der Waals surface area contributed by atoms with Crippen LogP contribution in [-0.4, -0.2) is 23.3 Å². The highest BCUT2D eigenvalue weighted by Crippen LogP contribution is 2.23. The van der Waals surface area contributed by atoms with Gasteiger partial charge in [0.05, 0.1) is 0 Å². The van der Waals surface area contributed by atoms with Crippen LogP contribution in [0.2, 0.25) is 0 Å². The van der Waals surface area contributed by atoms with Crippen LogP contribution in [0.4, 0.5) is 19.3 Å². The normalized spacial score (nSPS) is 11.3. The minimum Gasteiger partial charge on any atom is -0.396 e. The number of hydrogen-bond acceptors (Lipinski definition) is 2. The van der Waals surface area contributed by atoms with Gasteiger partial charge < -0.3 is 15.7 Å². The first-order valence-electron chi connectivity index (χ1n) is 5.60. The van der Waals surface area contributed by atoms with Gasteiger partial charge in [0.1, 0.15) is 5.69 Å². The molecule has 1 rings (SSSR count). The molecule has 7 heteroatoms. The van der Waals surface area contributed by atoms with E-state index in [0.717, 1.165) is 12.1 Å². The van der Waals surface area contributed by atoms with E-state index in [9.17, 15) is 13.6 Å². The summed E-state index contributed by atoms with van der Waals surface area (Å²) in [6.45, 7) is 3.28. The second-order valence-corrected chi connectivity index (χ2v) is 5.60. The molecule has 2 amide bonds. The lowest BCUT2D eigenvalue weighted by molar-refractivity contribution is 0.218. The molecule has 0 radical (unpaired) electrons. The number of carbonyl (C=O) groups is 1. The van der Waals surface area contributed by atoms with E-state index in [4.69, 9.17) is 5.11 Å². The molecular weight excluding hydrogens is 322 g/mol. The van der Waals surface area contributed by atoms with E-state index in [1.54, 1.807) is 13.8 Å². The second-order valence-electron chi connectivity index (χ2n) is 4.68. The van der Waals surface area contributed by atoms with Gasteiger partial charge in [-0.2, -0.15) is 0 Å². The SMILES string of the molecule is CC(C)(CCO)NC(=O)Nc1c(F)cc(Br)cc1F. The number of aliphatic hydroxyl groups excluding tert-OH is 1. The van der Waals surface area contributed by atoms with Crippen molar-refractivity contribution in [2.75, 3.05) is 11.9 Å². The Morgan fingerprint density at radius 1 is 1.37 bits per heavy atom. The lowest BCUT2D eigenvalue weighted by atomic mass is 10.0. The predicted octanol–water partition coefficient (Wildman–Crippen LogP) is 3.01. The summed E-state index contributed by atoms with van der Waals surface area (Å²) >= 11 is 2.95. The molecule has 1 aromatic carbocycles. The van der Waals surface area contributed by atoms with Gasteiger partial charge in [0.2, 0.25) is 0 Å². The van der Waals surface area contributed by atoms with Crippen molar-refractivity contribution >= 4 is 27.6 Å². The van der Waals surface area contributed by atoms with Crippen molar-refractivity contribution in [2.24, 2.45) is 0 Å². The van der Waals surface area contributed by atoms with Crippen LogP contribution in [0.15, 0.2) is 16.6 Å². The number of urea groups is 1. The zero-order valence-electron chi connectivity index (χ0n) is 10.6. The van der Waals surface area contributed by atoms with Crippen LogP contribution in [-0.2, 0) is 0 Å². The summed E-state index contributed by atoms with van der Waals surface area (Å²) in [6, 6.07) is 1.37. The van der Waals surface area contributed by atoms with Crippen LogP contribution in [0.3, 0.4) is 0 Å². The number of benzene rings is 1. The number of nitrogens with one attached hydrogen (secondary N) is 2. The molecule has 19 heavy (non-hydrogen) atoms. The molecule has 0 saturated carbocycles. The molecule has 0 saturated heterocycles. The van der Waals surface area contributed by atoms with Gasteiger partial charge in [-0.25, -0.2) is 13.6 Å². The van der Waals surface area contributed by atoms with Crippen LogP contribution in [0.25, 0.3) is 0 Å². The Kier molecular flexibility index (Phi) is 5.25. The highest BCUT2D eigenvalue weighted by Gasteiger charge is 2.21. The van der Waals surface area contributed by atoms with Gasteiger partial charge in [-0.05, 0) is 32.4 Å². The third kappa shape index (κ3) is 4.76. The standard InChI is InChI=1S/C12H15BrF2N2O2/c1-12(2,3-4-18)17-11(19)16-10-8(14)5-7(13)6-9(10)15/h5-6,18H,3-4H2,1-2H3,(H2,16,17,19). The topological polar surface area (TPSA) is 61.4 Å². The highest BCUT2D eigenvalue weighted by atomic mass is 79.9. The average Bonchev–Trinajstić information content (AvgIpc) is 2.22. The molecular formula is C12H15BrF2N2O2. The van der Waals surface area contributed by atoms with Gasteiger partial charge in [-0.3, -0.25) is 0 Å². The zero-order valence-corrected chi connectivity index (χ0v) is 12.1. The second kappa shape index (κ2) is 6.29. The summed E-state index contributed by atoms with van der Waals surface area (Å²) in [7, 11) is 0. The molecule has 3 N–H and O–H groups in total. The quantitative estimate of drug-likeness (QED) is 0.791. The summed E-state index contributed by atoms with van der Waals surface area (Å²) in [4.78, 5) is 11.6. The number of rotatable bonds is 4. The summed E-state index contributed by atoms with van der Waals surface area (Å²) in [5.41, 5.74) is -1.19. The average molecular weight is 337 g/mol. The minimum absolute atomic E-state index is 0.103. The Labute approximate surface area is 118 Å². The Hall–Kier alpha value is -1.21. The smallest absolute Gasteiger partial charge is 0.319 e. The number of carbonyl (C=O) groups excluding carboxylic acids is 1. The summed E-state index contributed by atoms with van der Waals surface area (Å²) in [5, 5.41) is 13.5. The van der Waals surface area contributed by atoms with E-state index in [-0.39, 0.29) is 11.1 Å². The van der Waals surface area contributed by atoms with Gasteiger partial charge in [0, 0.05) is 16.6 Å². The largest absolute Gasteiger partial charge is 0.396 e. The predicted molar refractivity (Wildman–Crippen MR) is 72.0 cm³/mol. The lowest BCUT2D eigenvalue weighted by Crippen LogP contribution is -2.46. The van der Waals surface area contributed by atoms with E-state index in [0.29, 0.717) is 6.42 Å². The maximum Gasteiger partial charge on any atom is 0.319 e. The van der Waals surface area contributed by atoms with Crippen LogP contribution >= 0.6 is 15.9 Å². The molecule has 0 bridgehead atoms. The molecule has 0 aliphatic heterocycles. The molecule has 0 aliphatic rings. The molecule has 106 valence electrons. The van der Waals surface area contributed by atoms with Gasteiger partial charge in [-0.15, -0.1) is 0 Å². The van der Waals surface area contributed by atoms with Crippen LogP contribution < -0.4 is 10.6 Å². The van der Waals surface area contributed by atoms with Crippen LogP contribution in [0.5, 0.6) is 0 Å². The maximum absolute atomic E-state index is 13.5. The Bertz CT molecular complexity index is 458. The van der Waals surface area contributed by atoms with Crippen molar-refractivity contribution < 1.29 is 18.7 Å². The first-order valence-corrected chi connectivity index (χ1v) is 6.39. The van der Waals surface area contributed by atoms with Gasteiger partial charge in [0.15, 0.2) is 11.6 Å². The summed E-state index contributed by atoms with van der Waals surface area (Å²) in [5.74, 6) is -1.75. The fourth-order valence-electron chi connectivity index (χ4n) is 1.46. The number of anilines is 1. The Balaban J connectivity index is 2.78. The van der Waals surface area contributed by atoms with Crippen molar-refractivity contribution in [3.8, 4) is 0 Å². The first kappa shape index (κ1) is 15.8. The number of aliphatic hydroxyl groups is 1. The van der Waals surface area contributed by atoms with Crippen molar-refractivity contribution in [2.45, 2.75) is 25.8 Å². The van der Waals surface area contributed by atoms with Crippen LogP contribution in [0.1, 0.15) is 20.3 Å². The van der Waals surface area contributed by atoms with E-state index in [1.165, 1.54) is 0 Å². The fraction of sp³-hybridized carbons (Fsp3) is 0.417. The molecule has 0 atom stereocenters. The molecule has 4 nitrogen and oxygen atoms in total. The zero-order chi connectivity index (χ0) is 14.6. The van der Waals surface area contributed by atoms with E-state index >= 15 is 0 Å². The molecule has 1 aromatic rings. The third-order valence-electron chi connectivity index (χ3n) is 2.43.